The fraction of sp³-hybridized carbons (Fsp3) is 0.368. The van der Waals surface area contributed by atoms with Crippen molar-refractivity contribution in [1.29, 1.82) is 0 Å². The largest absolute Gasteiger partial charge is 0.481 e. The van der Waals surface area contributed by atoms with Gasteiger partial charge in [-0.05, 0) is 35.2 Å². The summed E-state index contributed by atoms with van der Waals surface area (Å²) in [6, 6.07) is 12.1. The molecule has 2 rings (SSSR count). The molecule has 1 atom stereocenters. The van der Waals surface area contributed by atoms with Gasteiger partial charge in [0.15, 0.2) is 0 Å². The van der Waals surface area contributed by atoms with Gasteiger partial charge in [-0.3, -0.25) is 4.79 Å². The van der Waals surface area contributed by atoms with Gasteiger partial charge in [-0.15, -0.1) is 0 Å². The minimum Gasteiger partial charge on any atom is -0.481 e. The molecule has 2 aromatic rings. The average Bonchev–Trinajstić information content (AvgIpc) is 2.45. The molecular weight excluding hydrogens is 274 g/mol. The van der Waals surface area contributed by atoms with Gasteiger partial charge in [-0.25, -0.2) is 0 Å². The van der Waals surface area contributed by atoms with Gasteiger partial charge in [0.25, 0.3) is 13.1 Å². The van der Waals surface area contributed by atoms with E-state index in [1.54, 1.807) is 6.92 Å². The number of hydrogen-bond donors (Lipinski definition) is 1. The van der Waals surface area contributed by atoms with Crippen LogP contribution in [0, 0.1) is 12.0 Å². The van der Waals surface area contributed by atoms with Crippen LogP contribution >= 0.6 is 0 Å². The van der Waals surface area contributed by atoms with Crippen LogP contribution in [-0.2, 0) is 11.2 Å². The van der Waals surface area contributed by atoms with Crippen molar-refractivity contribution in [3.05, 3.63) is 52.4 Å². The number of carboxylic acid groups (broad SMARTS) is 1. The van der Waals surface area contributed by atoms with E-state index in [9.17, 15) is 4.79 Å². The Balaban J connectivity index is 2.31. The smallest absolute Gasteiger partial charge is 0.310 e. The Bertz CT molecular complexity index is 741. The van der Waals surface area contributed by atoms with E-state index in [-0.39, 0.29) is 5.41 Å². The molecule has 0 fully saturated rings. The standard InChI is InChI=1S/C19H21NO2/c1-13(18(21)22)15-7-8-16-9-14(5-6-17(16)10-15)11-19(2,3)12-20-4/h4-10,13H,11-12H2,1-3H3/p+1/t13-/m0/s1. The Morgan fingerprint density at radius 1 is 1.23 bits per heavy atom. The third-order valence-corrected chi connectivity index (χ3v) is 4.00. The van der Waals surface area contributed by atoms with Crippen LogP contribution in [0.2, 0.25) is 0 Å². The number of rotatable bonds is 5. The number of hydrogen-bond acceptors (Lipinski definition) is 1. The van der Waals surface area contributed by atoms with Crippen LogP contribution in [0.4, 0.5) is 0 Å². The van der Waals surface area contributed by atoms with Crippen molar-refractivity contribution in [2.24, 2.45) is 5.41 Å². The molecule has 3 heteroatoms. The van der Waals surface area contributed by atoms with Crippen molar-refractivity contribution in [3.8, 4) is 6.57 Å². The number of benzene rings is 2. The van der Waals surface area contributed by atoms with Gasteiger partial charge >= 0.3 is 5.97 Å². The molecule has 0 spiro atoms. The highest BCUT2D eigenvalue weighted by Gasteiger charge is 2.23. The molecule has 0 saturated carbocycles. The molecular formula is C19H22NO2+. The van der Waals surface area contributed by atoms with Crippen molar-refractivity contribution >= 4 is 16.7 Å². The fourth-order valence-electron chi connectivity index (χ4n) is 2.69. The second-order valence-corrected chi connectivity index (χ2v) is 6.68. The van der Waals surface area contributed by atoms with Crippen LogP contribution in [0.3, 0.4) is 0 Å². The van der Waals surface area contributed by atoms with Gasteiger partial charge in [0.2, 0.25) is 0 Å². The van der Waals surface area contributed by atoms with Crippen LogP contribution in [0.25, 0.3) is 15.6 Å². The third kappa shape index (κ3) is 3.65. The number of aliphatic carboxylic acids is 1. The summed E-state index contributed by atoms with van der Waals surface area (Å²) in [5.74, 6) is -1.29. The SMILES string of the molecule is C#[N+]CC(C)(C)Cc1ccc2cc([C@H](C)C(=O)O)ccc2c1. The van der Waals surface area contributed by atoms with Crippen molar-refractivity contribution in [2.45, 2.75) is 33.1 Å². The average molecular weight is 296 g/mol. The summed E-state index contributed by atoms with van der Waals surface area (Å²) < 4.78 is 0. The van der Waals surface area contributed by atoms with Gasteiger partial charge in [0.1, 0.15) is 0 Å². The maximum absolute atomic E-state index is 11.1. The van der Waals surface area contributed by atoms with E-state index in [0.717, 1.165) is 22.8 Å². The minimum atomic E-state index is -0.803. The van der Waals surface area contributed by atoms with Crippen molar-refractivity contribution in [1.82, 2.24) is 0 Å². The van der Waals surface area contributed by atoms with E-state index >= 15 is 0 Å². The predicted molar refractivity (Wildman–Crippen MR) is 90.7 cm³/mol. The van der Waals surface area contributed by atoms with E-state index < -0.39 is 11.9 Å². The first-order chi connectivity index (χ1) is 10.3. The third-order valence-electron chi connectivity index (χ3n) is 4.00. The highest BCUT2D eigenvalue weighted by molar-refractivity contribution is 5.86. The molecule has 0 amide bonds. The molecule has 0 aromatic heterocycles. The van der Waals surface area contributed by atoms with E-state index in [1.165, 1.54) is 5.56 Å². The maximum Gasteiger partial charge on any atom is 0.310 e. The van der Waals surface area contributed by atoms with Crippen LogP contribution in [0.1, 0.15) is 37.8 Å². The van der Waals surface area contributed by atoms with Crippen molar-refractivity contribution in [3.63, 3.8) is 0 Å². The summed E-state index contributed by atoms with van der Waals surface area (Å²) in [4.78, 5) is 14.8. The van der Waals surface area contributed by atoms with E-state index in [4.69, 9.17) is 11.7 Å². The first-order valence-electron chi connectivity index (χ1n) is 7.44. The van der Waals surface area contributed by atoms with Gasteiger partial charge in [-0.1, -0.05) is 55.1 Å². The fourth-order valence-corrected chi connectivity index (χ4v) is 2.69. The van der Waals surface area contributed by atoms with E-state index in [2.05, 4.69) is 36.9 Å². The van der Waals surface area contributed by atoms with E-state index in [1.807, 2.05) is 18.2 Å². The van der Waals surface area contributed by atoms with Crippen LogP contribution in [-0.4, -0.2) is 17.6 Å². The number of carbonyl (C=O) groups is 1. The highest BCUT2D eigenvalue weighted by atomic mass is 16.4. The minimum absolute atomic E-state index is 0.0280. The van der Waals surface area contributed by atoms with Crippen molar-refractivity contribution in [2.75, 3.05) is 6.54 Å². The molecule has 0 bridgehead atoms. The molecule has 3 nitrogen and oxygen atoms in total. The number of fused-ring (bicyclic) bond motifs is 1. The lowest BCUT2D eigenvalue weighted by atomic mass is 9.85. The molecule has 0 aliphatic carbocycles. The molecule has 1 N–H and O–H groups in total. The van der Waals surface area contributed by atoms with Crippen LogP contribution in [0.5, 0.6) is 0 Å². The van der Waals surface area contributed by atoms with Crippen LogP contribution in [0.15, 0.2) is 36.4 Å². The molecule has 0 unspecified atom stereocenters. The van der Waals surface area contributed by atoms with E-state index in [0.29, 0.717) is 6.54 Å². The second-order valence-electron chi connectivity index (χ2n) is 6.68. The van der Waals surface area contributed by atoms with Gasteiger partial charge in [0.05, 0.1) is 5.92 Å². The predicted octanol–water partition coefficient (Wildman–Crippen LogP) is 4.56. The molecule has 0 saturated heterocycles. The molecule has 0 aliphatic rings. The Morgan fingerprint density at radius 2 is 1.86 bits per heavy atom. The Labute approximate surface area is 131 Å². The first-order valence-corrected chi connectivity index (χ1v) is 7.44. The Morgan fingerprint density at radius 3 is 2.50 bits per heavy atom. The van der Waals surface area contributed by atoms with Crippen LogP contribution < -0.4 is 0 Å². The topological polar surface area (TPSA) is 41.7 Å². The molecule has 0 heterocycles. The Kier molecular flexibility index (Phi) is 4.51. The first kappa shape index (κ1) is 16.0. The lowest BCUT2D eigenvalue weighted by molar-refractivity contribution is -0.138. The zero-order valence-corrected chi connectivity index (χ0v) is 13.3. The lowest BCUT2D eigenvalue weighted by Crippen LogP contribution is -2.17. The molecule has 114 valence electrons. The van der Waals surface area contributed by atoms with Gasteiger partial charge < -0.3 is 5.11 Å². The summed E-state index contributed by atoms with van der Waals surface area (Å²) in [5, 5.41) is 11.3. The normalized spacial score (nSPS) is 12.8. The summed E-state index contributed by atoms with van der Waals surface area (Å²) in [7, 11) is 0. The molecule has 22 heavy (non-hydrogen) atoms. The number of carboxylic acids is 1. The number of nitrogens with zero attached hydrogens (tertiary/aromatic N) is 1. The molecule has 0 radical (unpaired) electrons. The maximum atomic E-state index is 11.1. The zero-order chi connectivity index (χ0) is 16.3. The Hall–Kier alpha value is -2.34. The lowest BCUT2D eigenvalue weighted by Gasteiger charge is -2.17. The highest BCUT2D eigenvalue weighted by Crippen LogP contribution is 2.27. The van der Waals surface area contributed by atoms with Gasteiger partial charge in [-0.2, -0.15) is 0 Å². The molecule has 0 aliphatic heterocycles. The summed E-state index contributed by atoms with van der Waals surface area (Å²) in [6.45, 7) is 11.9. The van der Waals surface area contributed by atoms with Crippen molar-refractivity contribution < 1.29 is 9.90 Å². The quantitative estimate of drug-likeness (QED) is 0.878. The second kappa shape index (κ2) is 6.19. The summed E-state index contributed by atoms with van der Waals surface area (Å²) in [5.41, 5.74) is 2.09. The molecule has 2 aromatic carbocycles. The monoisotopic (exact) mass is 296 g/mol. The van der Waals surface area contributed by atoms with Gasteiger partial charge in [0, 0.05) is 5.41 Å². The summed E-state index contributed by atoms with van der Waals surface area (Å²) in [6.07, 6.45) is 0.900. The zero-order valence-electron chi connectivity index (χ0n) is 13.3. The summed E-state index contributed by atoms with van der Waals surface area (Å²) >= 11 is 0.